The van der Waals surface area contributed by atoms with Crippen LogP contribution in [0.15, 0.2) is 65.6 Å². The number of aromatic nitrogens is 1. The number of pyridine rings is 1. The minimum atomic E-state index is 0.886. The van der Waals surface area contributed by atoms with Crippen LogP contribution in [0.25, 0.3) is 10.8 Å². The van der Waals surface area contributed by atoms with Crippen molar-refractivity contribution < 1.29 is 0 Å². The molecule has 2 aromatic carbocycles. The lowest BCUT2D eigenvalue weighted by atomic mass is 10.1. The molecule has 3 heteroatoms. The second-order valence-electron chi connectivity index (χ2n) is 4.84. The van der Waals surface area contributed by atoms with Crippen molar-refractivity contribution in [1.29, 1.82) is 0 Å². The first kappa shape index (κ1) is 14.0. The topological polar surface area (TPSA) is 24.9 Å². The first-order valence-electron chi connectivity index (χ1n) is 7.16. The van der Waals surface area contributed by atoms with E-state index in [0.29, 0.717) is 0 Å². The highest BCUT2D eigenvalue weighted by molar-refractivity contribution is 7.98. The molecule has 0 fully saturated rings. The van der Waals surface area contributed by atoms with Gasteiger partial charge in [0.1, 0.15) is 5.82 Å². The lowest BCUT2D eigenvalue weighted by molar-refractivity contribution is 1.11. The Hall–Kier alpha value is -2.00. The fourth-order valence-electron chi connectivity index (χ4n) is 2.25. The molecule has 0 aliphatic rings. The summed E-state index contributed by atoms with van der Waals surface area (Å²) in [6.45, 7) is 2.98. The molecule has 0 saturated carbocycles. The van der Waals surface area contributed by atoms with Crippen LogP contribution < -0.4 is 5.32 Å². The molecule has 21 heavy (non-hydrogen) atoms. The fraction of sp³-hybridized carbons (Fsp3) is 0.167. The highest BCUT2D eigenvalue weighted by Gasteiger charge is 2.01. The van der Waals surface area contributed by atoms with Crippen molar-refractivity contribution >= 4 is 28.4 Å². The largest absolute Gasteiger partial charge is 0.370 e. The predicted octanol–water partition coefficient (Wildman–Crippen LogP) is 4.96. The Balaban J connectivity index is 1.72. The normalized spacial score (nSPS) is 10.7. The molecule has 0 bridgehead atoms. The van der Waals surface area contributed by atoms with E-state index in [1.54, 1.807) is 0 Å². The van der Waals surface area contributed by atoms with Crippen LogP contribution in [0.2, 0.25) is 0 Å². The van der Waals surface area contributed by atoms with Crippen LogP contribution in [0.3, 0.4) is 0 Å². The number of hydrogen-bond acceptors (Lipinski definition) is 3. The number of rotatable bonds is 5. The Bertz CT molecular complexity index is 740. The third-order valence-electron chi connectivity index (χ3n) is 3.27. The maximum Gasteiger partial charge on any atom is 0.126 e. The van der Waals surface area contributed by atoms with Gasteiger partial charge in [-0.25, -0.2) is 4.98 Å². The summed E-state index contributed by atoms with van der Waals surface area (Å²) in [7, 11) is 0. The molecule has 3 rings (SSSR count). The second kappa shape index (κ2) is 6.64. The van der Waals surface area contributed by atoms with E-state index >= 15 is 0 Å². The second-order valence-corrected chi connectivity index (χ2v) is 5.89. The summed E-state index contributed by atoms with van der Waals surface area (Å²) in [4.78, 5) is 5.89. The average molecular weight is 294 g/mol. The van der Waals surface area contributed by atoms with E-state index in [-0.39, 0.29) is 0 Å². The molecule has 1 N–H and O–H groups in total. The SMILES string of the molecule is CCNc1cccc(CSc2ccc3ccccc3c2)n1. The molecule has 106 valence electrons. The van der Waals surface area contributed by atoms with E-state index in [0.717, 1.165) is 23.8 Å². The molecule has 1 heterocycles. The first-order valence-corrected chi connectivity index (χ1v) is 8.15. The number of hydrogen-bond donors (Lipinski definition) is 1. The summed E-state index contributed by atoms with van der Waals surface area (Å²) in [5.41, 5.74) is 1.10. The van der Waals surface area contributed by atoms with Gasteiger partial charge in [0, 0.05) is 17.2 Å². The highest BCUT2D eigenvalue weighted by atomic mass is 32.2. The van der Waals surface area contributed by atoms with Crippen molar-refractivity contribution in [3.05, 3.63) is 66.4 Å². The Morgan fingerprint density at radius 2 is 1.81 bits per heavy atom. The van der Waals surface area contributed by atoms with Crippen LogP contribution in [-0.2, 0) is 5.75 Å². The lowest BCUT2D eigenvalue weighted by Gasteiger charge is -2.06. The van der Waals surface area contributed by atoms with Crippen molar-refractivity contribution in [2.45, 2.75) is 17.6 Å². The van der Waals surface area contributed by atoms with Crippen LogP contribution >= 0.6 is 11.8 Å². The summed E-state index contributed by atoms with van der Waals surface area (Å²) in [6.07, 6.45) is 0. The number of fused-ring (bicyclic) bond motifs is 1. The molecule has 0 amide bonds. The molecule has 0 aliphatic heterocycles. The summed E-state index contributed by atoms with van der Waals surface area (Å²) in [5, 5.41) is 5.82. The van der Waals surface area contributed by atoms with Gasteiger partial charge in [-0.2, -0.15) is 0 Å². The van der Waals surface area contributed by atoms with E-state index in [1.807, 2.05) is 17.8 Å². The summed E-state index contributed by atoms with van der Waals surface area (Å²) in [5.74, 6) is 1.84. The van der Waals surface area contributed by atoms with Gasteiger partial charge in [0.2, 0.25) is 0 Å². The predicted molar refractivity (Wildman–Crippen MR) is 91.9 cm³/mol. The molecule has 0 saturated heterocycles. The number of anilines is 1. The van der Waals surface area contributed by atoms with Gasteiger partial charge in [0.25, 0.3) is 0 Å². The van der Waals surface area contributed by atoms with Crippen molar-refractivity contribution in [2.75, 3.05) is 11.9 Å². The maximum absolute atomic E-state index is 4.61. The smallest absolute Gasteiger partial charge is 0.126 e. The third-order valence-corrected chi connectivity index (χ3v) is 4.30. The van der Waals surface area contributed by atoms with Gasteiger partial charge in [-0.05, 0) is 42.0 Å². The molecule has 1 aromatic heterocycles. The Kier molecular flexibility index (Phi) is 4.41. The van der Waals surface area contributed by atoms with E-state index < -0.39 is 0 Å². The van der Waals surface area contributed by atoms with E-state index in [4.69, 9.17) is 0 Å². The van der Waals surface area contributed by atoms with Gasteiger partial charge in [-0.15, -0.1) is 11.8 Å². The molecule has 0 radical (unpaired) electrons. The van der Waals surface area contributed by atoms with Gasteiger partial charge in [-0.1, -0.05) is 36.4 Å². The molecular formula is C18H18N2S. The zero-order chi connectivity index (χ0) is 14.5. The summed E-state index contributed by atoms with van der Waals surface area (Å²) in [6, 6.07) is 21.2. The van der Waals surface area contributed by atoms with Gasteiger partial charge in [0.05, 0.1) is 5.69 Å². The third kappa shape index (κ3) is 3.56. The van der Waals surface area contributed by atoms with Crippen molar-refractivity contribution in [1.82, 2.24) is 4.98 Å². The lowest BCUT2D eigenvalue weighted by Crippen LogP contribution is -2.00. The Morgan fingerprint density at radius 3 is 2.67 bits per heavy atom. The summed E-state index contributed by atoms with van der Waals surface area (Å²) >= 11 is 1.82. The number of thioether (sulfide) groups is 1. The molecule has 0 unspecified atom stereocenters. The van der Waals surface area contributed by atoms with E-state index in [1.165, 1.54) is 15.7 Å². The average Bonchev–Trinajstić information content (AvgIpc) is 2.53. The molecule has 3 aromatic rings. The molecular weight excluding hydrogens is 276 g/mol. The van der Waals surface area contributed by atoms with Crippen LogP contribution in [-0.4, -0.2) is 11.5 Å². The maximum atomic E-state index is 4.61. The van der Waals surface area contributed by atoms with Gasteiger partial charge in [-0.3, -0.25) is 0 Å². The highest BCUT2D eigenvalue weighted by Crippen LogP contribution is 2.26. The quantitative estimate of drug-likeness (QED) is 0.673. The van der Waals surface area contributed by atoms with Crippen LogP contribution in [0.5, 0.6) is 0 Å². The first-order chi connectivity index (χ1) is 10.3. The van der Waals surface area contributed by atoms with Crippen molar-refractivity contribution in [3.8, 4) is 0 Å². The summed E-state index contributed by atoms with van der Waals surface area (Å²) < 4.78 is 0. The zero-order valence-corrected chi connectivity index (χ0v) is 12.9. The van der Waals surface area contributed by atoms with Gasteiger partial charge in [0.15, 0.2) is 0 Å². The van der Waals surface area contributed by atoms with Crippen LogP contribution in [0.4, 0.5) is 5.82 Å². The molecule has 2 nitrogen and oxygen atoms in total. The van der Waals surface area contributed by atoms with E-state index in [2.05, 4.69) is 71.8 Å². The van der Waals surface area contributed by atoms with Crippen LogP contribution in [0, 0.1) is 0 Å². The molecule has 0 aliphatic carbocycles. The van der Waals surface area contributed by atoms with Crippen molar-refractivity contribution in [3.63, 3.8) is 0 Å². The minimum Gasteiger partial charge on any atom is -0.370 e. The number of nitrogens with zero attached hydrogens (tertiary/aromatic N) is 1. The molecule has 0 atom stereocenters. The van der Waals surface area contributed by atoms with Crippen molar-refractivity contribution in [2.24, 2.45) is 0 Å². The van der Waals surface area contributed by atoms with Gasteiger partial charge < -0.3 is 5.32 Å². The fourth-order valence-corrected chi connectivity index (χ4v) is 3.10. The zero-order valence-electron chi connectivity index (χ0n) is 12.0. The molecule has 0 spiro atoms. The Labute approximate surface area is 129 Å². The van der Waals surface area contributed by atoms with Crippen LogP contribution in [0.1, 0.15) is 12.6 Å². The minimum absolute atomic E-state index is 0.886. The Morgan fingerprint density at radius 1 is 0.952 bits per heavy atom. The number of benzene rings is 2. The van der Waals surface area contributed by atoms with Gasteiger partial charge >= 0.3 is 0 Å². The monoisotopic (exact) mass is 294 g/mol. The standard InChI is InChI=1S/C18H18N2S/c1-2-19-18-9-5-8-16(20-18)13-21-17-11-10-14-6-3-4-7-15(14)12-17/h3-12H,2,13H2,1H3,(H,19,20). The number of nitrogens with one attached hydrogen (secondary N) is 1. The van der Waals surface area contributed by atoms with E-state index in [9.17, 15) is 0 Å².